The van der Waals surface area contributed by atoms with Crippen molar-refractivity contribution < 1.29 is 4.79 Å². The fraction of sp³-hybridized carbons (Fsp3) is 0.364. The van der Waals surface area contributed by atoms with Gasteiger partial charge in [0.1, 0.15) is 0 Å². The highest BCUT2D eigenvalue weighted by molar-refractivity contribution is 6.39. The first-order chi connectivity index (χ1) is 7.61. The van der Waals surface area contributed by atoms with Crippen LogP contribution in [0.25, 0.3) is 0 Å². The van der Waals surface area contributed by atoms with Crippen molar-refractivity contribution in [1.29, 1.82) is 0 Å². The number of hydrogen-bond donors (Lipinski definition) is 1. The number of nitrogens with one attached hydrogen (secondary N) is 1. The number of hydrogen-bond acceptors (Lipinski definition) is 2. The number of benzene rings is 1. The Kier molecular flexibility index (Phi) is 3.38. The minimum absolute atomic E-state index is 0.123. The van der Waals surface area contributed by atoms with Gasteiger partial charge in [-0.25, -0.2) is 0 Å². The third-order valence-electron chi connectivity index (χ3n) is 2.80. The third kappa shape index (κ3) is 2.03. The molecule has 0 aliphatic carbocycles. The zero-order valence-corrected chi connectivity index (χ0v) is 10.3. The lowest BCUT2D eigenvalue weighted by Gasteiger charge is -2.35. The summed E-state index contributed by atoms with van der Waals surface area (Å²) in [5.74, 6) is -0.123. The summed E-state index contributed by atoms with van der Waals surface area (Å²) in [5, 5.41) is 3.92. The molecule has 1 fully saturated rings. The van der Waals surface area contributed by atoms with Gasteiger partial charge in [0.15, 0.2) is 0 Å². The second-order valence-corrected chi connectivity index (χ2v) is 4.64. The average molecular weight is 259 g/mol. The number of amides is 1. The van der Waals surface area contributed by atoms with Crippen molar-refractivity contribution in [3.05, 3.63) is 33.8 Å². The molecule has 0 spiro atoms. The van der Waals surface area contributed by atoms with Crippen LogP contribution in [0.1, 0.15) is 10.4 Å². The predicted molar refractivity (Wildman–Crippen MR) is 65.2 cm³/mol. The molecule has 2 rings (SSSR count). The molecule has 0 bridgehead atoms. The molecule has 1 aliphatic heterocycles. The SMILES string of the molecule is CN(C(=O)c1c(Cl)cccc1Cl)C1CNC1. The molecule has 1 aliphatic rings. The molecule has 0 atom stereocenters. The van der Waals surface area contributed by atoms with Gasteiger partial charge in [-0.05, 0) is 12.1 Å². The molecular formula is C11H12Cl2N2O. The van der Waals surface area contributed by atoms with E-state index in [1.165, 1.54) is 0 Å². The fourth-order valence-corrected chi connectivity index (χ4v) is 2.15. The van der Waals surface area contributed by atoms with Gasteiger partial charge in [0.05, 0.1) is 21.7 Å². The Morgan fingerprint density at radius 2 is 1.94 bits per heavy atom. The van der Waals surface area contributed by atoms with Gasteiger partial charge < -0.3 is 10.2 Å². The van der Waals surface area contributed by atoms with E-state index in [1.54, 1.807) is 30.1 Å². The van der Waals surface area contributed by atoms with Crippen molar-refractivity contribution in [2.45, 2.75) is 6.04 Å². The van der Waals surface area contributed by atoms with Gasteiger partial charge in [-0.1, -0.05) is 29.3 Å². The minimum atomic E-state index is -0.123. The number of likely N-dealkylation sites (N-methyl/N-ethyl adjacent to an activating group) is 1. The highest BCUT2D eigenvalue weighted by atomic mass is 35.5. The van der Waals surface area contributed by atoms with E-state index in [1.807, 2.05) is 0 Å². The van der Waals surface area contributed by atoms with Crippen molar-refractivity contribution in [3.8, 4) is 0 Å². The van der Waals surface area contributed by atoms with Crippen molar-refractivity contribution in [2.75, 3.05) is 20.1 Å². The average Bonchev–Trinajstić information content (AvgIpc) is 2.14. The summed E-state index contributed by atoms with van der Waals surface area (Å²) < 4.78 is 0. The highest BCUT2D eigenvalue weighted by Crippen LogP contribution is 2.26. The first-order valence-electron chi connectivity index (χ1n) is 5.03. The lowest BCUT2D eigenvalue weighted by Crippen LogP contribution is -2.57. The van der Waals surface area contributed by atoms with Crippen molar-refractivity contribution in [3.63, 3.8) is 0 Å². The zero-order valence-electron chi connectivity index (χ0n) is 8.84. The number of carbonyl (C=O) groups excluding carboxylic acids is 1. The van der Waals surface area contributed by atoms with E-state index in [0.29, 0.717) is 15.6 Å². The van der Waals surface area contributed by atoms with E-state index < -0.39 is 0 Å². The van der Waals surface area contributed by atoms with Crippen molar-refractivity contribution in [1.82, 2.24) is 10.2 Å². The van der Waals surface area contributed by atoms with E-state index in [2.05, 4.69) is 5.32 Å². The van der Waals surface area contributed by atoms with Crippen molar-refractivity contribution in [2.24, 2.45) is 0 Å². The van der Waals surface area contributed by atoms with E-state index in [0.717, 1.165) is 13.1 Å². The molecule has 1 N–H and O–H groups in total. The van der Waals surface area contributed by atoms with Gasteiger partial charge >= 0.3 is 0 Å². The van der Waals surface area contributed by atoms with Gasteiger partial charge in [-0.15, -0.1) is 0 Å². The van der Waals surface area contributed by atoms with Crippen LogP contribution in [0.4, 0.5) is 0 Å². The maximum Gasteiger partial charge on any atom is 0.256 e. The molecule has 5 heteroatoms. The molecule has 86 valence electrons. The molecule has 1 heterocycles. The zero-order chi connectivity index (χ0) is 11.7. The summed E-state index contributed by atoms with van der Waals surface area (Å²) in [6.45, 7) is 1.65. The normalized spacial score (nSPS) is 15.7. The lowest BCUT2D eigenvalue weighted by atomic mass is 10.1. The number of nitrogens with zero attached hydrogens (tertiary/aromatic N) is 1. The van der Waals surface area contributed by atoms with Crippen LogP contribution in [-0.2, 0) is 0 Å². The topological polar surface area (TPSA) is 32.3 Å². The van der Waals surface area contributed by atoms with Crippen LogP contribution in [0, 0.1) is 0 Å². The van der Waals surface area contributed by atoms with Crippen LogP contribution in [0.3, 0.4) is 0 Å². The molecule has 0 saturated carbocycles. The number of carbonyl (C=O) groups is 1. The van der Waals surface area contributed by atoms with Crippen molar-refractivity contribution >= 4 is 29.1 Å². The second-order valence-electron chi connectivity index (χ2n) is 3.82. The number of rotatable bonds is 2. The van der Waals surface area contributed by atoms with Crippen LogP contribution >= 0.6 is 23.2 Å². The largest absolute Gasteiger partial charge is 0.336 e. The minimum Gasteiger partial charge on any atom is -0.336 e. The molecule has 1 aromatic carbocycles. The fourth-order valence-electron chi connectivity index (χ4n) is 1.59. The smallest absolute Gasteiger partial charge is 0.256 e. The van der Waals surface area contributed by atoms with Gasteiger partial charge in [0, 0.05) is 20.1 Å². The molecule has 3 nitrogen and oxygen atoms in total. The summed E-state index contributed by atoms with van der Waals surface area (Å²) in [6, 6.07) is 5.31. The third-order valence-corrected chi connectivity index (χ3v) is 3.43. The molecule has 0 radical (unpaired) electrons. The Morgan fingerprint density at radius 1 is 1.38 bits per heavy atom. The van der Waals surface area contributed by atoms with E-state index in [4.69, 9.17) is 23.2 Å². The standard InChI is InChI=1S/C11H12Cl2N2O/c1-15(7-5-14-6-7)11(16)10-8(12)3-2-4-9(10)13/h2-4,7,14H,5-6H2,1H3. The quantitative estimate of drug-likeness (QED) is 0.881. The molecule has 0 unspecified atom stereocenters. The Labute approximate surface area is 104 Å². The van der Waals surface area contributed by atoms with Crippen LogP contribution in [-0.4, -0.2) is 37.0 Å². The number of halogens is 2. The van der Waals surface area contributed by atoms with Gasteiger partial charge in [-0.3, -0.25) is 4.79 Å². The van der Waals surface area contributed by atoms with E-state index in [-0.39, 0.29) is 11.9 Å². The van der Waals surface area contributed by atoms with E-state index >= 15 is 0 Å². The first kappa shape index (κ1) is 11.7. The van der Waals surface area contributed by atoms with E-state index in [9.17, 15) is 4.79 Å². The van der Waals surface area contributed by atoms with Crippen LogP contribution in [0.2, 0.25) is 10.0 Å². The van der Waals surface area contributed by atoms with Crippen LogP contribution < -0.4 is 5.32 Å². The Bertz CT molecular complexity index is 398. The molecular weight excluding hydrogens is 247 g/mol. The van der Waals surface area contributed by atoms with Gasteiger partial charge in [0.25, 0.3) is 5.91 Å². The Morgan fingerprint density at radius 3 is 2.38 bits per heavy atom. The van der Waals surface area contributed by atoms with Gasteiger partial charge in [-0.2, -0.15) is 0 Å². The lowest BCUT2D eigenvalue weighted by molar-refractivity contribution is 0.0681. The molecule has 1 saturated heterocycles. The first-order valence-corrected chi connectivity index (χ1v) is 5.78. The molecule has 1 amide bonds. The van der Waals surface area contributed by atoms with Crippen LogP contribution in [0.5, 0.6) is 0 Å². The summed E-state index contributed by atoms with van der Waals surface area (Å²) in [6.07, 6.45) is 0. The monoisotopic (exact) mass is 258 g/mol. The summed E-state index contributed by atoms with van der Waals surface area (Å²) in [5.41, 5.74) is 0.389. The van der Waals surface area contributed by atoms with Gasteiger partial charge in [0.2, 0.25) is 0 Å². The highest BCUT2D eigenvalue weighted by Gasteiger charge is 2.28. The Balaban J connectivity index is 2.26. The maximum atomic E-state index is 12.1. The molecule has 0 aromatic heterocycles. The molecule has 1 aromatic rings. The molecule has 16 heavy (non-hydrogen) atoms. The Hall–Kier alpha value is -0.770. The second kappa shape index (κ2) is 4.62. The summed E-state index contributed by atoms with van der Waals surface area (Å²) in [4.78, 5) is 13.8. The summed E-state index contributed by atoms with van der Waals surface area (Å²) >= 11 is 12.0. The maximum absolute atomic E-state index is 12.1. The predicted octanol–water partition coefficient (Wildman–Crippen LogP) is 2.04. The van der Waals surface area contributed by atoms with Crippen LogP contribution in [0.15, 0.2) is 18.2 Å². The summed E-state index contributed by atoms with van der Waals surface area (Å²) in [7, 11) is 1.77.